The van der Waals surface area contributed by atoms with E-state index < -0.39 is 6.04 Å². The average Bonchev–Trinajstić information content (AvgIpc) is 2.96. The molecule has 1 aromatic rings. The molecule has 2 atom stereocenters. The van der Waals surface area contributed by atoms with Crippen LogP contribution in [0.3, 0.4) is 0 Å². The Balaban J connectivity index is 1.69. The van der Waals surface area contributed by atoms with Crippen LogP contribution in [0, 0.1) is 0 Å². The summed E-state index contributed by atoms with van der Waals surface area (Å²) in [5.74, 6) is -0.0763. The maximum atomic E-state index is 12.7. The lowest BCUT2D eigenvalue weighted by Gasteiger charge is -2.35. The second-order valence-electron chi connectivity index (χ2n) is 6.66. The molecule has 3 rings (SSSR count). The normalized spacial score (nSPS) is 24.3. The van der Waals surface area contributed by atoms with Gasteiger partial charge in [-0.05, 0) is 37.6 Å². The van der Waals surface area contributed by atoms with Crippen molar-refractivity contribution in [3.05, 3.63) is 35.4 Å². The van der Waals surface area contributed by atoms with Crippen LogP contribution in [0.25, 0.3) is 0 Å². The van der Waals surface area contributed by atoms with Crippen LogP contribution >= 0.6 is 0 Å². The molecular weight excluding hydrogens is 290 g/mol. The van der Waals surface area contributed by atoms with E-state index >= 15 is 0 Å². The van der Waals surface area contributed by atoms with Gasteiger partial charge in [-0.3, -0.25) is 9.59 Å². The lowest BCUT2D eigenvalue weighted by Crippen LogP contribution is -2.53. The van der Waals surface area contributed by atoms with E-state index in [0.717, 1.165) is 18.5 Å². The molecule has 0 spiro atoms. The van der Waals surface area contributed by atoms with Crippen molar-refractivity contribution >= 4 is 11.8 Å². The molecule has 1 unspecified atom stereocenters. The van der Waals surface area contributed by atoms with Gasteiger partial charge < -0.3 is 15.1 Å². The second kappa shape index (κ2) is 6.71. The van der Waals surface area contributed by atoms with E-state index in [-0.39, 0.29) is 11.8 Å². The van der Waals surface area contributed by atoms with E-state index in [1.807, 2.05) is 18.2 Å². The van der Waals surface area contributed by atoms with Gasteiger partial charge in [-0.1, -0.05) is 24.3 Å². The third kappa shape index (κ3) is 3.39. The molecule has 0 aliphatic carbocycles. The largest absolute Gasteiger partial charge is 0.353 e. The maximum Gasteiger partial charge on any atom is 0.243 e. The molecule has 5 heteroatoms. The molecule has 2 aliphatic heterocycles. The Morgan fingerprint density at radius 3 is 2.65 bits per heavy atom. The third-order valence-corrected chi connectivity index (χ3v) is 5.14. The number of amides is 2. The Bertz CT molecular complexity index is 602. The lowest BCUT2D eigenvalue weighted by atomic mass is 9.93. The molecule has 2 heterocycles. The molecule has 124 valence electrons. The number of likely N-dealkylation sites (N-methyl/N-ethyl adjacent to an activating group) is 1. The van der Waals surface area contributed by atoms with E-state index in [4.69, 9.17) is 0 Å². The maximum absolute atomic E-state index is 12.7. The summed E-state index contributed by atoms with van der Waals surface area (Å²) in [6, 6.07) is 8.08. The fraction of sp³-hybridized carbons (Fsp3) is 0.556. The number of hydrogen-bond acceptors (Lipinski definition) is 3. The number of fused-ring (bicyclic) bond motifs is 1. The summed E-state index contributed by atoms with van der Waals surface area (Å²) in [5, 5.41) is 3.07. The Hall–Kier alpha value is -1.88. The minimum atomic E-state index is -0.394. The van der Waals surface area contributed by atoms with Crippen LogP contribution in [0.1, 0.15) is 30.9 Å². The van der Waals surface area contributed by atoms with Gasteiger partial charge in [0.25, 0.3) is 0 Å². The predicted octanol–water partition coefficient (Wildman–Crippen LogP) is 1.17. The van der Waals surface area contributed by atoms with Crippen molar-refractivity contribution in [3.8, 4) is 0 Å². The summed E-state index contributed by atoms with van der Waals surface area (Å²) in [7, 11) is 2.10. The number of likely N-dealkylation sites (tertiary alicyclic amines) is 1. The van der Waals surface area contributed by atoms with Crippen LogP contribution in [0.15, 0.2) is 24.3 Å². The fourth-order valence-corrected chi connectivity index (χ4v) is 3.66. The van der Waals surface area contributed by atoms with Crippen molar-refractivity contribution in [2.75, 3.05) is 20.1 Å². The average molecular weight is 315 g/mol. The standard InChI is InChI=1S/C18H25N3O2/c1-13(22)21-12-15-7-4-3-6-14(15)10-17(21)18(23)19-11-16-8-5-9-20(16)2/h3-4,6-7,16-17H,5,8-12H2,1-2H3,(H,19,23)/t16?,17-/m0/s1. The Morgan fingerprint density at radius 2 is 2.00 bits per heavy atom. The van der Waals surface area contributed by atoms with Crippen molar-refractivity contribution in [3.63, 3.8) is 0 Å². The summed E-state index contributed by atoms with van der Waals surface area (Å²) in [6.07, 6.45) is 2.91. The first-order valence-electron chi connectivity index (χ1n) is 8.38. The number of carbonyl (C=O) groups excluding carboxylic acids is 2. The highest BCUT2D eigenvalue weighted by Crippen LogP contribution is 2.23. The monoisotopic (exact) mass is 315 g/mol. The molecule has 2 aliphatic rings. The topological polar surface area (TPSA) is 52.7 Å². The van der Waals surface area contributed by atoms with Gasteiger partial charge in [-0.25, -0.2) is 0 Å². The highest BCUT2D eigenvalue weighted by Gasteiger charge is 2.33. The minimum absolute atomic E-state index is 0.0324. The number of nitrogens with one attached hydrogen (secondary N) is 1. The molecule has 23 heavy (non-hydrogen) atoms. The summed E-state index contributed by atoms with van der Waals surface area (Å²) in [6.45, 7) is 3.82. The van der Waals surface area contributed by atoms with Gasteiger partial charge >= 0.3 is 0 Å². The number of benzene rings is 1. The summed E-state index contributed by atoms with van der Waals surface area (Å²) in [4.78, 5) is 28.6. The first-order chi connectivity index (χ1) is 11.1. The van der Waals surface area contributed by atoms with Gasteiger partial charge in [-0.2, -0.15) is 0 Å². The minimum Gasteiger partial charge on any atom is -0.353 e. The van der Waals surface area contributed by atoms with Gasteiger partial charge in [0, 0.05) is 32.5 Å². The number of nitrogens with zero attached hydrogens (tertiary/aromatic N) is 2. The van der Waals surface area contributed by atoms with Crippen LogP contribution in [0.5, 0.6) is 0 Å². The van der Waals surface area contributed by atoms with E-state index in [1.165, 1.54) is 12.0 Å². The predicted molar refractivity (Wildman–Crippen MR) is 88.8 cm³/mol. The first-order valence-corrected chi connectivity index (χ1v) is 8.38. The number of carbonyl (C=O) groups is 2. The molecule has 0 aromatic heterocycles. The van der Waals surface area contributed by atoms with E-state index in [2.05, 4.69) is 23.3 Å². The molecule has 0 radical (unpaired) electrons. The zero-order chi connectivity index (χ0) is 16.4. The summed E-state index contributed by atoms with van der Waals surface area (Å²) >= 11 is 0. The zero-order valence-corrected chi connectivity index (χ0v) is 13.9. The SMILES string of the molecule is CC(=O)N1Cc2ccccc2C[C@H]1C(=O)NCC1CCCN1C. The highest BCUT2D eigenvalue weighted by molar-refractivity contribution is 5.87. The molecular formula is C18H25N3O2. The van der Waals surface area contributed by atoms with Crippen molar-refractivity contribution in [1.82, 2.24) is 15.1 Å². The van der Waals surface area contributed by atoms with Crippen LogP contribution < -0.4 is 5.32 Å². The lowest BCUT2D eigenvalue weighted by molar-refractivity contribution is -0.140. The number of hydrogen-bond donors (Lipinski definition) is 1. The van der Waals surface area contributed by atoms with Crippen molar-refractivity contribution < 1.29 is 9.59 Å². The van der Waals surface area contributed by atoms with Crippen LogP contribution in [-0.4, -0.2) is 53.8 Å². The quantitative estimate of drug-likeness (QED) is 0.911. The molecule has 1 N–H and O–H groups in total. The molecule has 1 fully saturated rings. The summed E-state index contributed by atoms with van der Waals surface area (Å²) in [5.41, 5.74) is 2.31. The van der Waals surface area contributed by atoms with Gasteiger partial charge in [-0.15, -0.1) is 0 Å². The van der Waals surface area contributed by atoms with E-state index in [1.54, 1.807) is 11.8 Å². The first kappa shape index (κ1) is 16.0. The zero-order valence-electron chi connectivity index (χ0n) is 13.9. The van der Waals surface area contributed by atoms with Gasteiger partial charge in [0.1, 0.15) is 6.04 Å². The van der Waals surface area contributed by atoms with Crippen molar-refractivity contribution in [1.29, 1.82) is 0 Å². The molecule has 1 aromatic carbocycles. The Labute approximate surface area is 137 Å². The molecule has 0 bridgehead atoms. The van der Waals surface area contributed by atoms with E-state index in [0.29, 0.717) is 25.6 Å². The number of rotatable bonds is 3. The van der Waals surface area contributed by atoms with Crippen LogP contribution in [0.4, 0.5) is 0 Å². The molecule has 2 amide bonds. The smallest absolute Gasteiger partial charge is 0.243 e. The highest BCUT2D eigenvalue weighted by atomic mass is 16.2. The molecule has 1 saturated heterocycles. The molecule has 0 saturated carbocycles. The van der Waals surface area contributed by atoms with Crippen LogP contribution in [-0.2, 0) is 22.6 Å². The fourth-order valence-electron chi connectivity index (χ4n) is 3.66. The second-order valence-corrected chi connectivity index (χ2v) is 6.66. The molecule has 5 nitrogen and oxygen atoms in total. The Morgan fingerprint density at radius 1 is 1.26 bits per heavy atom. The van der Waals surface area contributed by atoms with Crippen molar-refractivity contribution in [2.45, 2.75) is 44.8 Å². The third-order valence-electron chi connectivity index (χ3n) is 5.14. The Kier molecular flexibility index (Phi) is 4.66. The van der Waals surface area contributed by atoms with Gasteiger partial charge in [0.15, 0.2) is 0 Å². The van der Waals surface area contributed by atoms with Gasteiger partial charge in [0.05, 0.1) is 0 Å². The van der Waals surface area contributed by atoms with Gasteiger partial charge in [0.2, 0.25) is 11.8 Å². The summed E-state index contributed by atoms with van der Waals surface area (Å²) < 4.78 is 0. The van der Waals surface area contributed by atoms with Crippen LogP contribution in [0.2, 0.25) is 0 Å². The van der Waals surface area contributed by atoms with Crippen molar-refractivity contribution in [2.24, 2.45) is 0 Å². The van der Waals surface area contributed by atoms with E-state index in [9.17, 15) is 9.59 Å².